The van der Waals surface area contributed by atoms with Crippen LogP contribution in [0.2, 0.25) is 0 Å². The summed E-state index contributed by atoms with van der Waals surface area (Å²) in [6, 6.07) is 18.4. The topological polar surface area (TPSA) is 65.0 Å². The van der Waals surface area contributed by atoms with Crippen LogP contribution in [0.5, 0.6) is 23.0 Å². The van der Waals surface area contributed by atoms with Crippen LogP contribution in [0, 0.1) is 6.92 Å². The summed E-state index contributed by atoms with van der Waals surface area (Å²) < 4.78 is 53.9. The number of thioether (sulfide) groups is 1. The van der Waals surface area contributed by atoms with Crippen molar-refractivity contribution in [3.8, 4) is 23.0 Å². The number of carboxylic acid groups (broad SMARTS) is 1. The van der Waals surface area contributed by atoms with Gasteiger partial charge >= 0.3 is 12.3 Å². The number of carbonyl (C=O) groups is 1. The standard InChI is InChI=1S/C27H27F3O5S/c1-18-16-23(11-8-20(18)9-13-26(31)32)36-15-14-19(2)33-24-12-10-22(35-27(28,29)30)17-25(24)34-21-6-4-3-5-7-21/h3-8,10-12,16-17,19H,9,13-15H2,1-2H3,(H,31,32)/t19-/m0/s1. The quantitative estimate of drug-likeness (QED) is 0.248. The second-order valence-corrected chi connectivity index (χ2v) is 9.29. The smallest absolute Gasteiger partial charge is 0.487 e. The fourth-order valence-electron chi connectivity index (χ4n) is 3.38. The van der Waals surface area contributed by atoms with Crippen molar-refractivity contribution in [3.63, 3.8) is 0 Å². The first-order valence-electron chi connectivity index (χ1n) is 11.3. The Kier molecular flexibility index (Phi) is 9.52. The Hall–Kier alpha value is -3.33. The van der Waals surface area contributed by atoms with Crippen molar-refractivity contribution in [2.24, 2.45) is 0 Å². The zero-order valence-electron chi connectivity index (χ0n) is 19.9. The van der Waals surface area contributed by atoms with E-state index in [-0.39, 0.29) is 18.3 Å². The van der Waals surface area contributed by atoms with Gasteiger partial charge in [0.05, 0.1) is 6.10 Å². The number of halogens is 3. The molecule has 3 rings (SSSR count). The maximum atomic E-state index is 12.7. The van der Waals surface area contributed by atoms with Gasteiger partial charge in [-0.25, -0.2) is 0 Å². The lowest BCUT2D eigenvalue weighted by Gasteiger charge is -2.19. The largest absolute Gasteiger partial charge is 0.573 e. The van der Waals surface area contributed by atoms with Gasteiger partial charge in [0.25, 0.3) is 0 Å². The molecular weight excluding hydrogens is 493 g/mol. The minimum atomic E-state index is -4.82. The molecule has 0 spiro atoms. The number of hydrogen-bond acceptors (Lipinski definition) is 5. The molecule has 0 bridgehead atoms. The van der Waals surface area contributed by atoms with Crippen molar-refractivity contribution in [1.82, 2.24) is 0 Å². The second kappa shape index (κ2) is 12.6. The summed E-state index contributed by atoms with van der Waals surface area (Å²) in [7, 11) is 0. The van der Waals surface area contributed by atoms with E-state index in [4.69, 9.17) is 14.6 Å². The van der Waals surface area contributed by atoms with Crippen molar-refractivity contribution >= 4 is 17.7 Å². The van der Waals surface area contributed by atoms with Crippen molar-refractivity contribution in [2.45, 2.75) is 50.5 Å². The molecular formula is C27H27F3O5S. The number of aliphatic carboxylic acids is 1. The highest BCUT2D eigenvalue weighted by Crippen LogP contribution is 2.37. The van der Waals surface area contributed by atoms with Crippen molar-refractivity contribution < 1.29 is 37.3 Å². The Morgan fingerprint density at radius 2 is 1.75 bits per heavy atom. The van der Waals surface area contributed by atoms with Gasteiger partial charge in [0, 0.05) is 23.1 Å². The molecule has 3 aromatic carbocycles. The molecule has 0 amide bonds. The first-order valence-corrected chi connectivity index (χ1v) is 12.3. The van der Waals surface area contributed by atoms with Crippen LogP contribution in [0.15, 0.2) is 71.6 Å². The van der Waals surface area contributed by atoms with E-state index in [2.05, 4.69) is 4.74 Å². The van der Waals surface area contributed by atoms with Crippen molar-refractivity contribution in [2.75, 3.05) is 5.75 Å². The average molecular weight is 521 g/mol. The number of ether oxygens (including phenoxy) is 3. The molecule has 3 aromatic rings. The highest BCUT2D eigenvalue weighted by atomic mass is 32.2. The Balaban J connectivity index is 1.61. The zero-order chi connectivity index (χ0) is 26.1. The van der Waals surface area contributed by atoms with Crippen LogP contribution in [0.25, 0.3) is 0 Å². The van der Waals surface area contributed by atoms with E-state index in [0.717, 1.165) is 27.8 Å². The normalized spacial score (nSPS) is 12.1. The fraction of sp³-hybridized carbons (Fsp3) is 0.296. The summed E-state index contributed by atoms with van der Waals surface area (Å²) in [5, 5.41) is 8.87. The molecule has 192 valence electrons. The van der Waals surface area contributed by atoms with Gasteiger partial charge in [0.15, 0.2) is 11.5 Å². The molecule has 0 saturated carbocycles. The molecule has 0 radical (unpaired) electrons. The maximum absolute atomic E-state index is 12.7. The van der Waals surface area contributed by atoms with E-state index >= 15 is 0 Å². The van der Waals surface area contributed by atoms with Gasteiger partial charge in [-0.2, -0.15) is 0 Å². The fourth-order valence-corrected chi connectivity index (χ4v) is 4.49. The summed E-state index contributed by atoms with van der Waals surface area (Å²) in [6.07, 6.45) is -3.78. The lowest BCUT2D eigenvalue weighted by molar-refractivity contribution is -0.274. The molecule has 0 unspecified atom stereocenters. The third-order valence-corrected chi connectivity index (χ3v) is 6.19. The SMILES string of the molecule is Cc1cc(SCC[C@H](C)Oc2ccc(OC(F)(F)F)cc2Oc2ccccc2)ccc1CCC(=O)O. The first kappa shape index (κ1) is 27.3. The summed E-state index contributed by atoms with van der Waals surface area (Å²) in [5.74, 6) is 0.420. The van der Waals surface area contributed by atoms with E-state index in [1.54, 1.807) is 42.1 Å². The number of rotatable bonds is 12. The minimum absolute atomic E-state index is 0.0987. The van der Waals surface area contributed by atoms with Gasteiger partial charge in [-0.1, -0.05) is 24.3 Å². The number of aryl methyl sites for hydroxylation is 2. The van der Waals surface area contributed by atoms with E-state index < -0.39 is 18.1 Å². The third kappa shape index (κ3) is 9.03. The van der Waals surface area contributed by atoms with Crippen LogP contribution in [-0.4, -0.2) is 29.3 Å². The van der Waals surface area contributed by atoms with Gasteiger partial charge in [-0.05, 0) is 74.2 Å². The number of alkyl halides is 3. The molecule has 1 atom stereocenters. The van der Waals surface area contributed by atoms with Crippen LogP contribution < -0.4 is 14.2 Å². The Morgan fingerprint density at radius 1 is 1.00 bits per heavy atom. The summed E-state index contributed by atoms with van der Waals surface area (Å²) in [6.45, 7) is 3.85. The first-order chi connectivity index (χ1) is 17.1. The Morgan fingerprint density at radius 3 is 2.42 bits per heavy atom. The molecule has 0 heterocycles. The van der Waals surface area contributed by atoms with Gasteiger partial charge < -0.3 is 19.3 Å². The van der Waals surface area contributed by atoms with Crippen LogP contribution in [0.3, 0.4) is 0 Å². The van der Waals surface area contributed by atoms with Crippen molar-refractivity contribution in [1.29, 1.82) is 0 Å². The van der Waals surface area contributed by atoms with E-state index in [9.17, 15) is 18.0 Å². The molecule has 0 aromatic heterocycles. The Bertz CT molecular complexity index is 1150. The number of para-hydroxylation sites is 1. The monoisotopic (exact) mass is 520 g/mol. The molecule has 5 nitrogen and oxygen atoms in total. The third-order valence-electron chi connectivity index (χ3n) is 5.16. The number of carboxylic acids is 1. The molecule has 9 heteroatoms. The lowest BCUT2D eigenvalue weighted by Crippen LogP contribution is -2.17. The molecule has 36 heavy (non-hydrogen) atoms. The van der Waals surface area contributed by atoms with E-state index in [1.165, 1.54) is 12.1 Å². The lowest BCUT2D eigenvalue weighted by atomic mass is 10.0. The van der Waals surface area contributed by atoms with Gasteiger partial charge in [-0.15, -0.1) is 24.9 Å². The predicted octanol–water partition coefficient (Wildman–Crippen LogP) is 7.65. The van der Waals surface area contributed by atoms with Crippen LogP contribution in [-0.2, 0) is 11.2 Å². The zero-order valence-corrected chi connectivity index (χ0v) is 20.7. The van der Waals surface area contributed by atoms with Crippen LogP contribution in [0.1, 0.15) is 30.9 Å². The highest BCUT2D eigenvalue weighted by Gasteiger charge is 2.31. The average Bonchev–Trinajstić information content (AvgIpc) is 2.80. The van der Waals surface area contributed by atoms with Gasteiger partial charge in [0.2, 0.25) is 0 Å². The van der Waals surface area contributed by atoms with Crippen LogP contribution in [0.4, 0.5) is 13.2 Å². The van der Waals surface area contributed by atoms with E-state index in [0.29, 0.717) is 24.3 Å². The van der Waals surface area contributed by atoms with Crippen LogP contribution >= 0.6 is 11.8 Å². The minimum Gasteiger partial charge on any atom is -0.487 e. The molecule has 0 aliphatic carbocycles. The molecule has 0 fully saturated rings. The van der Waals surface area contributed by atoms with Gasteiger partial charge in [-0.3, -0.25) is 4.79 Å². The predicted molar refractivity (Wildman–Crippen MR) is 132 cm³/mol. The Labute approximate surface area is 212 Å². The summed E-state index contributed by atoms with van der Waals surface area (Å²) in [4.78, 5) is 11.9. The van der Waals surface area contributed by atoms with Gasteiger partial charge in [0.1, 0.15) is 11.5 Å². The van der Waals surface area contributed by atoms with E-state index in [1.807, 2.05) is 32.0 Å². The molecule has 1 N–H and O–H groups in total. The van der Waals surface area contributed by atoms with Crippen molar-refractivity contribution in [3.05, 3.63) is 77.9 Å². The highest BCUT2D eigenvalue weighted by molar-refractivity contribution is 7.99. The molecule has 0 saturated heterocycles. The summed E-state index contributed by atoms with van der Waals surface area (Å²) in [5.41, 5.74) is 2.07. The second-order valence-electron chi connectivity index (χ2n) is 8.12. The summed E-state index contributed by atoms with van der Waals surface area (Å²) >= 11 is 1.65. The molecule has 0 aliphatic heterocycles. The number of hydrogen-bond donors (Lipinski definition) is 1. The maximum Gasteiger partial charge on any atom is 0.573 e. The molecule has 0 aliphatic rings. The number of benzene rings is 3.